The van der Waals surface area contributed by atoms with Crippen molar-refractivity contribution in [3.8, 4) is 0 Å². The molecule has 0 aromatic heterocycles. The molecule has 0 radical (unpaired) electrons. The lowest BCUT2D eigenvalue weighted by Crippen LogP contribution is -2.52. The molecule has 6 rings (SSSR count). The van der Waals surface area contributed by atoms with E-state index in [9.17, 15) is 14.4 Å². The van der Waals surface area contributed by atoms with Gasteiger partial charge in [0.2, 0.25) is 11.8 Å². The monoisotopic (exact) mass is 587 g/mol. The summed E-state index contributed by atoms with van der Waals surface area (Å²) in [6, 6.07) is 29.4. The van der Waals surface area contributed by atoms with Gasteiger partial charge in [-0.25, -0.2) is 0 Å². The second-order valence-electron chi connectivity index (χ2n) is 12.3. The van der Waals surface area contributed by atoms with Gasteiger partial charge in [-0.3, -0.25) is 14.4 Å². The van der Waals surface area contributed by atoms with Crippen LogP contribution >= 0.6 is 0 Å². The highest BCUT2D eigenvalue weighted by molar-refractivity contribution is 6.25. The van der Waals surface area contributed by atoms with E-state index in [2.05, 4.69) is 11.4 Å². The van der Waals surface area contributed by atoms with Gasteiger partial charge in [0.05, 0.1) is 5.69 Å². The van der Waals surface area contributed by atoms with E-state index in [1.165, 1.54) is 6.42 Å². The number of rotatable bonds is 11. The molecule has 0 saturated heterocycles. The van der Waals surface area contributed by atoms with Crippen LogP contribution in [-0.4, -0.2) is 41.2 Å². The van der Waals surface area contributed by atoms with Gasteiger partial charge in [-0.05, 0) is 54.8 Å². The minimum atomic E-state index is -0.640. The van der Waals surface area contributed by atoms with Gasteiger partial charge in [0.1, 0.15) is 6.04 Å². The number of benzene rings is 4. The van der Waals surface area contributed by atoms with E-state index in [-0.39, 0.29) is 30.2 Å². The molecule has 4 aromatic carbocycles. The molecule has 3 amide bonds. The lowest BCUT2D eigenvalue weighted by Gasteiger charge is -2.34. The molecule has 0 spiro atoms. The Labute approximate surface area is 260 Å². The third kappa shape index (κ3) is 6.54. The fourth-order valence-electron chi connectivity index (χ4n) is 6.84. The molecule has 44 heavy (non-hydrogen) atoms. The summed E-state index contributed by atoms with van der Waals surface area (Å²) in [7, 11) is 0. The van der Waals surface area contributed by atoms with Crippen molar-refractivity contribution in [1.82, 2.24) is 10.2 Å². The third-order valence-corrected chi connectivity index (χ3v) is 9.08. The van der Waals surface area contributed by atoms with Crippen LogP contribution in [0.4, 0.5) is 5.69 Å². The minimum absolute atomic E-state index is 0.0188. The maximum Gasteiger partial charge on any atom is 0.258 e. The van der Waals surface area contributed by atoms with E-state index in [0.29, 0.717) is 31.5 Å². The number of amides is 3. The zero-order chi connectivity index (χ0) is 30.5. The number of carbonyl (C=O) groups excluding carboxylic acids is 3. The molecule has 4 aromatic rings. The Hall–Kier alpha value is -4.45. The number of nitrogens with one attached hydrogen (secondary N) is 1. The molecule has 2 aliphatic rings. The van der Waals surface area contributed by atoms with Crippen molar-refractivity contribution in [2.75, 3.05) is 11.4 Å². The van der Waals surface area contributed by atoms with Crippen molar-refractivity contribution in [1.29, 1.82) is 0 Å². The number of aryl methyl sites for hydroxylation is 1. The molecule has 1 fully saturated rings. The first-order valence-electron chi connectivity index (χ1n) is 16.0. The molecule has 6 nitrogen and oxygen atoms in total. The third-order valence-electron chi connectivity index (χ3n) is 9.08. The summed E-state index contributed by atoms with van der Waals surface area (Å²) in [4.78, 5) is 45.1. The molecule has 1 heterocycles. The number of hydrogen-bond acceptors (Lipinski definition) is 3. The van der Waals surface area contributed by atoms with Crippen LogP contribution in [0.2, 0.25) is 0 Å². The van der Waals surface area contributed by atoms with Crippen LogP contribution < -0.4 is 10.2 Å². The molecular formula is C38H41N3O3. The Morgan fingerprint density at radius 3 is 2.39 bits per heavy atom. The van der Waals surface area contributed by atoms with Crippen LogP contribution in [0.3, 0.4) is 0 Å². The first-order valence-corrected chi connectivity index (χ1v) is 16.0. The second kappa shape index (κ2) is 13.5. The number of nitrogens with zero attached hydrogens (tertiary/aromatic N) is 2. The van der Waals surface area contributed by atoms with E-state index >= 15 is 0 Å². The van der Waals surface area contributed by atoms with Gasteiger partial charge in [0, 0.05) is 42.9 Å². The van der Waals surface area contributed by atoms with Crippen molar-refractivity contribution in [2.24, 2.45) is 0 Å². The predicted molar refractivity (Wildman–Crippen MR) is 176 cm³/mol. The van der Waals surface area contributed by atoms with Crippen molar-refractivity contribution in [3.05, 3.63) is 113 Å². The summed E-state index contributed by atoms with van der Waals surface area (Å²) in [5, 5.41) is 5.34. The molecule has 226 valence electrons. The van der Waals surface area contributed by atoms with Crippen LogP contribution in [0.1, 0.15) is 72.0 Å². The molecule has 0 bridgehead atoms. The molecule has 1 aliphatic heterocycles. The van der Waals surface area contributed by atoms with Gasteiger partial charge in [0.15, 0.2) is 0 Å². The standard InChI is InChI=1S/C38H41N3O3/c1-27-12-8-15-29(24-27)26-41(34(25-28-13-4-2-5-14-28)37(43)39-31-18-6-3-7-19-31)35(42)22-11-23-40-33-21-10-17-30-16-9-20-32(36(30)33)38(40)44/h2,4-5,8-10,12-17,20-21,24,31,34H,3,6-7,11,18-19,22-23,25-26H2,1H3,(H,39,43). The highest BCUT2D eigenvalue weighted by atomic mass is 16.2. The maximum absolute atomic E-state index is 14.2. The lowest BCUT2D eigenvalue weighted by molar-refractivity contribution is -0.141. The zero-order valence-corrected chi connectivity index (χ0v) is 25.5. The summed E-state index contributed by atoms with van der Waals surface area (Å²) in [6.45, 7) is 2.83. The number of anilines is 1. The summed E-state index contributed by atoms with van der Waals surface area (Å²) in [5.74, 6) is -0.179. The summed E-state index contributed by atoms with van der Waals surface area (Å²) < 4.78 is 0. The summed E-state index contributed by atoms with van der Waals surface area (Å²) in [6.07, 6.45) is 6.59. The summed E-state index contributed by atoms with van der Waals surface area (Å²) >= 11 is 0. The summed E-state index contributed by atoms with van der Waals surface area (Å²) in [5.41, 5.74) is 4.75. The van der Waals surface area contributed by atoms with E-state index in [1.54, 1.807) is 9.80 Å². The Kier molecular flexibility index (Phi) is 9.06. The van der Waals surface area contributed by atoms with Crippen LogP contribution in [0.15, 0.2) is 91.0 Å². The number of hydrogen-bond donors (Lipinski definition) is 1. The van der Waals surface area contributed by atoms with Crippen molar-refractivity contribution >= 4 is 34.2 Å². The minimum Gasteiger partial charge on any atom is -0.352 e. The normalized spacial score (nSPS) is 15.4. The molecular weight excluding hydrogens is 546 g/mol. The molecule has 1 saturated carbocycles. The Balaban J connectivity index is 1.23. The van der Waals surface area contributed by atoms with Gasteiger partial charge in [-0.15, -0.1) is 0 Å². The lowest BCUT2D eigenvalue weighted by atomic mass is 9.94. The first kappa shape index (κ1) is 29.6. The van der Waals surface area contributed by atoms with Crippen molar-refractivity contribution in [2.45, 2.75) is 76.9 Å². The Morgan fingerprint density at radius 1 is 0.886 bits per heavy atom. The van der Waals surface area contributed by atoms with Gasteiger partial charge < -0.3 is 15.1 Å². The van der Waals surface area contributed by atoms with Crippen molar-refractivity contribution in [3.63, 3.8) is 0 Å². The topological polar surface area (TPSA) is 69.7 Å². The second-order valence-corrected chi connectivity index (χ2v) is 12.3. The molecule has 1 atom stereocenters. The first-order chi connectivity index (χ1) is 21.5. The molecule has 1 N–H and O–H groups in total. The predicted octanol–water partition coefficient (Wildman–Crippen LogP) is 6.98. The van der Waals surface area contributed by atoms with Crippen LogP contribution in [0.25, 0.3) is 10.8 Å². The van der Waals surface area contributed by atoms with E-state index in [0.717, 1.165) is 58.8 Å². The van der Waals surface area contributed by atoms with Gasteiger partial charge >= 0.3 is 0 Å². The van der Waals surface area contributed by atoms with E-state index in [4.69, 9.17) is 0 Å². The highest BCUT2D eigenvalue weighted by Gasteiger charge is 2.33. The quantitative estimate of drug-likeness (QED) is 0.206. The van der Waals surface area contributed by atoms with Crippen LogP contribution in [0.5, 0.6) is 0 Å². The molecule has 6 heteroatoms. The van der Waals surface area contributed by atoms with E-state index in [1.807, 2.05) is 91.9 Å². The Bertz CT molecular complexity index is 1640. The van der Waals surface area contributed by atoms with Crippen molar-refractivity contribution < 1.29 is 14.4 Å². The fraction of sp³-hybridized carbons (Fsp3) is 0.342. The van der Waals surface area contributed by atoms with Crippen LogP contribution in [0, 0.1) is 6.92 Å². The van der Waals surface area contributed by atoms with Crippen LogP contribution in [-0.2, 0) is 22.6 Å². The smallest absolute Gasteiger partial charge is 0.258 e. The SMILES string of the molecule is Cc1cccc(CN(C(=O)CCCN2C(=O)c3cccc4cccc2c34)C(Cc2ccccc2)C(=O)NC2CCCCC2)c1. The fourth-order valence-corrected chi connectivity index (χ4v) is 6.84. The largest absolute Gasteiger partial charge is 0.352 e. The Morgan fingerprint density at radius 2 is 1.61 bits per heavy atom. The average molecular weight is 588 g/mol. The highest BCUT2D eigenvalue weighted by Crippen LogP contribution is 2.37. The maximum atomic E-state index is 14.2. The zero-order valence-electron chi connectivity index (χ0n) is 25.5. The number of carbonyl (C=O) groups is 3. The molecule has 1 aliphatic carbocycles. The molecule has 1 unspecified atom stereocenters. The van der Waals surface area contributed by atoms with Gasteiger partial charge in [0.25, 0.3) is 5.91 Å². The van der Waals surface area contributed by atoms with Gasteiger partial charge in [-0.1, -0.05) is 104 Å². The van der Waals surface area contributed by atoms with Gasteiger partial charge in [-0.2, -0.15) is 0 Å². The van der Waals surface area contributed by atoms with E-state index < -0.39 is 6.04 Å². The average Bonchev–Trinajstić information content (AvgIpc) is 3.31.